The van der Waals surface area contributed by atoms with Gasteiger partial charge in [0.15, 0.2) is 0 Å². The van der Waals surface area contributed by atoms with Crippen molar-refractivity contribution in [2.45, 2.75) is 36.8 Å². The van der Waals surface area contributed by atoms with E-state index in [0.717, 1.165) is 18.3 Å². The molecule has 1 N–H and O–H groups in total. The van der Waals surface area contributed by atoms with Crippen LogP contribution in [-0.4, -0.2) is 53.5 Å². The number of methoxy groups -OCH3 is 1. The molecule has 2 aromatic carbocycles. The molecule has 0 radical (unpaired) electrons. The van der Waals surface area contributed by atoms with Crippen LogP contribution in [0.3, 0.4) is 0 Å². The zero-order valence-electron chi connectivity index (χ0n) is 20.7. The minimum atomic E-state index is -1.24. The predicted octanol–water partition coefficient (Wildman–Crippen LogP) is 6.52. The summed E-state index contributed by atoms with van der Waals surface area (Å²) in [5.74, 6) is -1.53. The van der Waals surface area contributed by atoms with Gasteiger partial charge in [0.1, 0.15) is 23.6 Å². The number of pyridine rings is 1. The summed E-state index contributed by atoms with van der Waals surface area (Å²) in [6.45, 7) is 1.76. The SMILES string of the molecule is COc1ccc2nccc([C@H](F)CC[C@@H]3CCN(CCCSc4c(F)cccc4F)C[C@@H]3C(=O)O)c2c1. The van der Waals surface area contributed by atoms with Crippen LogP contribution >= 0.6 is 11.8 Å². The minimum absolute atomic E-state index is 0.0193. The summed E-state index contributed by atoms with van der Waals surface area (Å²) < 4.78 is 48.2. The van der Waals surface area contributed by atoms with Gasteiger partial charge in [0.2, 0.25) is 0 Å². The zero-order chi connectivity index (χ0) is 26.4. The predicted molar refractivity (Wildman–Crippen MR) is 139 cm³/mol. The lowest BCUT2D eigenvalue weighted by atomic mass is 9.81. The first-order valence-corrected chi connectivity index (χ1v) is 13.4. The number of hydrogen-bond donors (Lipinski definition) is 1. The van der Waals surface area contributed by atoms with Gasteiger partial charge in [-0.3, -0.25) is 9.78 Å². The summed E-state index contributed by atoms with van der Waals surface area (Å²) in [4.78, 5) is 18.4. The number of hydrogen-bond acceptors (Lipinski definition) is 5. The molecular weight excluding hydrogens is 501 g/mol. The van der Waals surface area contributed by atoms with Gasteiger partial charge in [-0.1, -0.05) is 6.07 Å². The van der Waals surface area contributed by atoms with E-state index in [-0.39, 0.29) is 17.2 Å². The summed E-state index contributed by atoms with van der Waals surface area (Å²) in [6, 6.07) is 10.9. The molecule has 9 heteroatoms. The van der Waals surface area contributed by atoms with Gasteiger partial charge in [0.05, 0.1) is 23.4 Å². The second-order valence-electron chi connectivity index (χ2n) is 9.38. The number of thioether (sulfide) groups is 1. The number of nitrogens with zero attached hydrogens (tertiary/aromatic N) is 2. The molecule has 1 aliphatic heterocycles. The van der Waals surface area contributed by atoms with Gasteiger partial charge in [-0.15, -0.1) is 11.8 Å². The maximum atomic E-state index is 15.4. The topological polar surface area (TPSA) is 62.7 Å². The van der Waals surface area contributed by atoms with Crippen LogP contribution in [0.25, 0.3) is 10.9 Å². The number of carbonyl (C=O) groups is 1. The fourth-order valence-electron chi connectivity index (χ4n) is 5.04. The van der Waals surface area contributed by atoms with E-state index in [1.165, 1.54) is 18.2 Å². The summed E-state index contributed by atoms with van der Waals surface area (Å²) >= 11 is 1.14. The number of alkyl halides is 1. The van der Waals surface area contributed by atoms with Crippen LogP contribution in [-0.2, 0) is 4.79 Å². The highest BCUT2D eigenvalue weighted by atomic mass is 32.2. The number of carboxylic acids is 1. The fourth-order valence-corrected chi connectivity index (χ4v) is 5.93. The number of ether oxygens (including phenoxy) is 1. The molecule has 0 saturated carbocycles. The van der Waals surface area contributed by atoms with E-state index in [1.54, 1.807) is 37.6 Å². The Morgan fingerprint density at radius 1 is 1.24 bits per heavy atom. The van der Waals surface area contributed by atoms with Crippen LogP contribution in [0.1, 0.15) is 37.4 Å². The van der Waals surface area contributed by atoms with Crippen molar-refractivity contribution in [2.75, 3.05) is 32.5 Å². The van der Waals surface area contributed by atoms with Gasteiger partial charge in [-0.2, -0.15) is 0 Å². The summed E-state index contributed by atoms with van der Waals surface area (Å²) in [5.41, 5.74) is 1.23. The Labute approximate surface area is 219 Å². The van der Waals surface area contributed by atoms with E-state index < -0.39 is 29.7 Å². The van der Waals surface area contributed by atoms with Gasteiger partial charge >= 0.3 is 5.97 Å². The Morgan fingerprint density at radius 2 is 2.03 bits per heavy atom. The van der Waals surface area contributed by atoms with Crippen molar-refractivity contribution in [1.82, 2.24) is 9.88 Å². The lowest BCUT2D eigenvalue weighted by Crippen LogP contribution is -2.44. The quantitative estimate of drug-likeness (QED) is 0.224. The monoisotopic (exact) mass is 532 g/mol. The molecule has 5 nitrogen and oxygen atoms in total. The van der Waals surface area contributed by atoms with Crippen molar-refractivity contribution in [3.05, 3.63) is 65.9 Å². The fraction of sp³-hybridized carbons (Fsp3) is 0.429. The number of carboxylic acid groups (broad SMARTS) is 1. The number of piperidine rings is 1. The third-order valence-electron chi connectivity index (χ3n) is 7.05. The molecule has 1 aromatic heterocycles. The first-order chi connectivity index (χ1) is 17.9. The molecule has 1 saturated heterocycles. The molecule has 1 aliphatic rings. The van der Waals surface area contributed by atoms with Crippen molar-refractivity contribution < 1.29 is 27.8 Å². The molecule has 3 atom stereocenters. The normalized spacial score (nSPS) is 19.1. The first kappa shape index (κ1) is 27.3. The van der Waals surface area contributed by atoms with Gasteiger partial charge in [0, 0.05) is 18.1 Å². The van der Waals surface area contributed by atoms with E-state index in [2.05, 4.69) is 9.88 Å². The molecular formula is C28H31F3N2O3S. The number of aliphatic carboxylic acids is 1. The Hall–Kier alpha value is -2.78. The van der Waals surface area contributed by atoms with Crippen LogP contribution < -0.4 is 4.74 Å². The Kier molecular flexibility index (Phi) is 9.32. The van der Waals surface area contributed by atoms with E-state index >= 15 is 4.39 Å². The average molecular weight is 533 g/mol. The van der Waals surface area contributed by atoms with Crippen LogP contribution in [0.4, 0.5) is 13.2 Å². The number of likely N-dealkylation sites (tertiary alicyclic amines) is 1. The van der Waals surface area contributed by atoms with Gasteiger partial charge in [-0.25, -0.2) is 13.2 Å². The molecule has 0 spiro atoms. The minimum Gasteiger partial charge on any atom is -0.497 e. The molecule has 0 bridgehead atoms. The number of aromatic nitrogens is 1. The number of rotatable bonds is 11. The van der Waals surface area contributed by atoms with Gasteiger partial charge < -0.3 is 14.7 Å². The smallest absolute Gasteiger partial charge is 0.308 e. The van der Waals surface area contributed by atoms with Crippen LogP contribution in [0.15, 0.2) is 53.6 Å². The largest absolute Gasteiger partial charge is 0.497 e. The maximum Gasteiger partial charge on any atom is 0.308 e. The van der Waals surface area contributed by atoms with Crippen molar-refractivity contribution in [2.24, 2.45) is 11.8 Å². The van der Waals surface area contributed by atoms with E-state index in [4.69, 9.17) is 4.74 Å². The van der Waals surface area contributed by atoms with Gasteiger partial charge in [0.25, 0.3) is 0 Å². The van der Waals surface area contributed by atoms with Crippen molar-refractivity contribution in [3.8, 4) is 5.75 Å². The van der Waals surface area contributed by atoms with E-state index in [9.17, 15) is 18.7 Å². The lowest BCUT2D eigenvalue weighted by molar-refractivity contribution is -0.146. The number of fused-ring (bicyclic) bond motifs is 1. The van der Waals surface area contributed by atoms with E-state index in [0.29, 0.717) is 60.3 Å². The number of halogens is 3. The molecule has 3 aromatic rings. The molecule has 4 rings (SSSR count). The van der Waals surface area contributed by atoms with Gasteiger partial charge in [-0.05, 0) is 92.4 Å². The highest BCUT2D eigenvalue weighted by molar-refractivity contribution is 7.99. The molecule has 0 amide bonds. The Bertz CT molecular complexity index is 1210. The molecule has 37 heavy (non-hydrogen) atoms. The van der Waals surface area contributed by atoms with Crippen molar-refractivity contribution >= 4 is 28.6 Å². The number of benzene rings is 2. The summed E-state index contributed by atoms with van der Waals surface area (Å²) in [7, 11) is 1.56. The first-order valence-electron chi connectivity index (χ1n) is 12.5. The standard InChI is InChI=1S/C28H31F3N2O3S/c1-36-19-7-9-26-21(16-19)20(10-12-32-26)23(29)8-6-18-11-14-33(17-22(18)28(34)35)13-3-15-37-27-24(30)4-2-5-25(27)31/h2,4-5,7,9-10,12,16,18,22-23H,3,6,8,11,13-15,17H2,1H3,(H,34,35)/t18-,22+,23-/m1/s1. The molecule has 1 fully saturated rings. The Balaban J connectivity index is 1.30. The Morgan fingerprint density at radius 3 is 2.76 bits per heavy atom. The summed E-state index contributed by atoms with van der Waals surface area (Å²) in [6.07, 6.45) is 2.41. The maximum absolute atomic E-state index is 15.4. The second kappa shape index (κ2) is 12.6. The highest BCUT2D eigenvalue weighted by Crippen LogP contribution is 2.35. The molecule has 2 heterocycles. The summed E-state index contributed by atoms with van der Waals surface area (Å²) in [5, 5.41) is 10.6. The average Bonchev–Trinajstić information content (AvgIpc) is 2.90. The van der Waals surface area contributed by atoms with Crippen LogP contribution in [0.5, 0.6) is 5.75 Å². The second-order valence-corrected chi connectivity index (χ2v) is 10.5. The third kappa shape index (κ3) is 6.76. The van der Waals surface area contributed by atoms with Crippen molar-refractivity contribution in [1.29, 1.82) is 0 Å². The molecule has 0 unspecified atom stereocenters. The van der Waals surface area contributed by atoms with Crippen LogP contribution in [0.2, 0.25) is 0 Å². The zero-order valence-corrected chi connectivity index (χ0v) is 21.5. The lowest BCUT2D eigenvalue weighted by Gasteiger charge is -2.36. The third-order valence-corrected chi connectivity index (χ3v) is 8.22. The van der Waals surface area contributed by atoms with E-state index in [1.807, 2.05) is 0 Å². The molecule has 0 aliphatic carbocycles. The molecule has 198 valence electrons. The highest BCUT2D eigenvalue weighted by Gasteiger charge is 2.34. The van der Waals surface area contributed by atoms with Crippen LogP contribution in [0, 0.1) is 23.5 Å². The van der Waals surface area contributed by atoms with Crippen molar-refractivity contribution in [3.63, 3.8) is 0 Å².